The van der Waals surface area contributed by atoms with Gasteiger partial charge < -0.3 is 19.1 Å². The number of carbonyl (C=O) groups excluding carboxylic acids is 2. The first-order valence-electron chi connectivity index (χ1n) is 10.6. The summed E-state index contributed by atoms with van der Waals surface area (Å²) in [6.45, 7) is -0.382. The number of esters is 1. The molecule has 0 fully saturated rings. The molecule has 0 unspecified atom stereocenters. The Balaban J connectivity index is 1.63. The van der Waals surface area contributed by atoms with Gasteiger partial charge in [-0.3, -0.25) is 4.79 Å². The van der Waals surface area contributed by atoms with Crippen LogP contribution in [0.3, 0.4) is 0 Å². The number of hydrogen-bond acceptors (Lipinski definition) is 6. The fourth-order valence-electron chi connectivity index (χ4n) is 3.59. The van der Waals surface area contributed by atoms with Crippen LogP contribution in [0.25, 0.3) is 22.2 Å². The maximum Gasteiger partial charge on any atom is 0.339 e. The Morgan fingerprint density at radius 1 is 0.853 bits per heavy atom. The van der Waals surface area contributed by atoms with Gasteiger partial charge in [0, 0.05) is 23.7 Å². The third-order valence-corrected chi connectivity index (χ3v) is 5.46. The number of methoxy groups -OCH3 is 2. The lowest BCUT2D eigenvalue weighted by Gasteiger charge is -2.17. The molecule has 0 atom stereocenters. The van der Waals surface area contributed by atoms with Gasteiger partial charge in [-0.25, -0.2) is 9.78 Å². The quantitative estimate of drug-likeness (QED) is 0.374. The summed E-state index contributed by atoms with van der Waals surface area (Å²) in [6.07, 6.45) is 0. The molecular formula is C27H24N2O5. The number of rotatable bonds is 7. The summed E-state index contributed by atoms with van der Waals surface area (Å²) in [7, 11) is 4.76. The first-order valence-corrected chi connectivity index (χ1v) is 10.6. The Morgan fingerprint density at radius 3 is 2.29 bits per heavy atom. The molecule has 1 amide bonds. The molecule has 0 spiro atoms. The molecule has 3 aromatic carbocycles. The minimum absolute atomic E-state index is 0.325. The van der Waals surface area contributed by atoms with Crippen LogP contribution in [0.15, 0.2) is 78.9 Å². The van der Waals surface area contributed by atoms with Crippen LogP contribution in [0, 0.1) is 0 Å². The summed E-state index contributed by atoms with van der Waals surface area (Å²) in [6, 6.07) is 23.5. The fraction of sp³-hybridized carbons (Fsp3) is 0.148. The minimum atomic E-state index is -0.602. The SMILES string of the molecule is COc1ccc(-c2cc(C(=O)OCC(=O)N(C)c3ccccc3)c3ccccc3n2)cc1OC. The molecule has 0 N–H and O–H groups in total. The van der Waals surface area contributed by atoms with E-state index in [1.165, 1.54) is 4.90 Å². The molecule has 0 radical (unpaired) electrons. The summed E-state index contributed by atoms with van der Waals surface area (Å²) in [5.74, 6) is 0.203. The second-order valence-corrected chi connectivity index (χ2v) is 7.51. The van der Waals surface area contributed by atoms with Gasteiger partial charge >= 0.3 is 5.97 Å². The number of likely N-dealkylation sites (N-methyl/N-ethyl adjacent to an activating group) is 1. The first kappa shape index (κ1) is 22.8. The number of anilines is 1. The second-order valence-electron chi connectivity index (χ2n) is 7.51. The Morgan fingerprint density at radius 2 is 1.56 bits per heavy atom. The second kappa shape index (κ2) is 10.0. The summed E-state index contributed by atoms with van der Waals surface area (Å²) in [5, 5.41) is 0.639. The molecule has 4 aromatic rings. The van der Waals surface area contributed by atoms with Crippen LogP contribution >= 0.6 is 0 Å². The lowest BCUT2D eigenvalue weighted by Crippen LogP contribution is -2.31. The fourth-order valence-corrected chi connectivity index (χ4v) is 3.59. The van der Waals surface area contributed by atoms with Crippen LogP contribution in [0.5, 0.6) is 11.5 Å². The summed E-state index contributed by atoms with van der Waals surface area (Å²) in [5.41, 5.74) is 2.99. The largest absolute Gasteiger partial charge is 0.493 e. The Labute approximate surface area is 197 Å². The predicted octanol–water partition coefficient (Wildman–Crippen LogP) is 4.74. The molecule has 0 aliphatic heterocycles. The van der Waals surface area contributed by atoms with Gasteiger partial charge in [0.1, 0.15) is 0 Å². The van der Waals surface area contributed by atoms with E-state index in [4.69, 9.17) is 19.2 Å². The van der Waals surface area contributed by atoms with Crippen molar-refractivity contribution in [2.45, 2.75) is 0 Å². The zero-order chi connectivity index (χ0) is 24.1. The average molecular weight is 456 g/mol. The molecule has 0 saturated carbocycles. The molecule has 7 nitrogen and oxygen atoms in total. The maximum absolute atomic E-state index is 13.1. The highest BCUT2D eigenvalue weighted by molar-refractivity contribution is 6.05. The Hall–Kier alpha value is -4.39. The van der Waals surface area contributed by atoms with E-state index in [-0.39, 0.29) is 12.5 Å². The number of para-hydroxylation sites is 2. The molecule has 1 aromatic heterocycles. The van der Waals surface area contributed by atoms with E-state index in [1.54, 1.807) is 45.5 Å². The van der Waals surface area contributed by atoms with Gasteiger partial charge in [-0.1, -0.05) is 36.4 Å². The number of ether oxygens (including phenoxy) is 3. The van der Waals surface area contributed by atoms with Crippen molar-refractivity contribution < 1.29 is 23.8 Å². The van der Waals surface area contributed by atoms with Crippen molar-refractivity contribution in [1.82, 2.24) is 4.98 Å². The standard InChI is InChI=1S/C27H24N2O5/c1-29(19-9-5-4-6-10-19)26(30)17-34-27(31)21-16-23(28-22-12-8-7-11-20(21)22)18-13-14-24(32-2)25(15-18)33-3/h4-16H,17H2,1-3H3. The highest BCUT2D eigenvalue weighted by Crippen LogP contribution is 2.33. The number of aromatic nitrogens is 1. The van der Waals surface area contributed by atoms with Crippen LogP contribution in [0.4, 0.5) is 5.69 Å². The van der Waals surface area contributed by atoms with E-state index in [9.17, 15) is 9.59 Å². The van der Waals surface area contributed by atoms with Gasteiger partial charge in [0.05, 0.1) is 31.0 Å². The van der Waals surface area contributed by atoms with Crippen molar-refractivity contribution in [1.29, 1.82) is 0 Å². The molecule has 1 heterocycles. The number of carbonyl (C=O) groups is 2. The number of pyridine rings is 1. The van der Waals surface area contributed by atoms with E-state index in [0.717, 1.165) is 5.56 Å². The summed E-state index contributed by atoms with van der Waals surface area (Å²) in [4.78, 5) is 31.8. The molecule has 34 heavy (non-hydrogen) atoms. The van der Waals surface area contributed by atoms with Crippen molar-refractivity contribution >= 4 is 28.5 Å². The van der Waals surface area contributed by atoms with Crippen LogP contribution in [0.1, 0.15) is 10.4 Å². The van der Waals surface area contributed by atoms with Gasteiger partial charge in [0.2, 0.25) is 0 Å². The van der Waals surface area contributed by atoms with Crippen LogP contribution in [-0.2, 0) is 9.53 Å². The number of benzene rings is 3. The molecule has 0 saturated heterocycles. The van der Waals surface area contributed by atoms with Gasteiger partial charge in [-0.2, -0.15) is 0 Å². The van der Waals surface area contributed by atoms with E-state index >= 15 is 0 Å². The third-order valence-electron chi connectivity index (χ3n) is 5.46. The normalized spacial score (nSPS) is 10.6. The molecule has 4 rings (SSSR count). The topological polar surface area (TPSA) is 78.0 Å². The van der Waals surface area contributed by atoms with Crippen molar-refractivity contribution in [3.8, 4) is 22.8 Å². The molecule has 0 bridgehead atoms. The highest BCUT2D eigenvalue weighted by atomic mass is 16.5. The minimum Gasteiger partial charge on any atom is -0.493 e. The maximum atomic E-state index is 13.1. The Bertz CT molecular complexity index is 1340. The van der Waals surface area contributed by atoms with Crippen molar-refractivity contribution in [3.05, 3.63) is 84.4 Å². The van der Waals surface area contributed by atoms with E-state index < -0.39 is 5.97 Å². The number of nitrogens with zero attached hydrogens (tertiary/aromatic N) is 2. The summed E-state index contributed by atoms with van der Waals surface area (Å²) >= 11 is 0. The van der Waals surface area contributed by atoms with Crippen LogP contribution in [0.2, 0.25) is 0 Å². The van der Waals surface area contributed by atoms with E-state index in [0.29, 0.717) is 39.3 Å². The monoisotopic (exact) mass is 456 g/mol. The molecule has 172 valence electrons. The molecular weight excluding hydrogens is 432 g/mol. The highest BCUT2D eigenvalue weighted by Gasteiger charge is 2.19. The molecule has 0 aliphatic rings. The van der Waals surface area contributed by atoms with Gasteiger partial charge in [-0.15, -0.1) is 0 Å². The number of fused-ring (bicyclic) bond motifs is 1. The number of amides is 1. The number of hydrogen-bond donors (Lipinski definition) is 0. The third kappa shape index (κ3) is 4.68. The first-order chi connectivity index (χ1) is 16.5. The van der Waals surface area contributed by atoms with E-state index in [2.05, 4.69) is 0 Å². The zero-order valence-electron chi connectivity index (χ0n) is 19.1. The Kier molecular flexibility index (Phi) is 6.73. The van der Waals surface area contributed by atoms with E-state index in [1.807, 2.05) is 54.6 Å². The predicted molar refractivity (Wildman–Crippen MR) is 130 cm³/mol. The van der Waals surface area contributed by atoms with Crippen LogP contribution < -0.4 is 14.4 Å². The smallest absolute Gasteiger partial charge is 0.339 e. The molecule has 7 heteroatoms. The van der Waals surface area contributed by atoms with Crippen molar-refractivity contribution in [2.24, 2.45) is 0 Å². The lowest BCUT2D eigenvalue weighted by molar-refractivity contribution is -0.121. The van der Waals surface area contributed by atoms with Crippen LogP contribution in [-0.4, -0.2) is 44.7 Å². The van der Waals surface area contributed by atoms with Gasteiger partial charge in [0.25, 0.3) is 5.91 Å². The summed E-state index contributed by atoms with van der Waals surface area (Å²) < 4.78 is 16.1. The van der Waals surface area contributed by atoms with Gasteiger partial charge in [-0.05, 0) is 42.5 Å². The van der Waals surface area contributed by atoms with Gasteiger partial charge in [0.15, 0.2) is 18.1 Å². The zero-order valence-corrected chi connectivity index (χ0v) is 19.1. The van der Waals surface area contributed by atoms with Crippen molar-refractivity contribution in [3.63, 3.8) is 0 Å². The average Bonchev–Trinajstić information content (AvgIpc) is 2.90. The van der Waals surface area contributed by atoms with Crippen molar-refractivity contribution in [2.75, 3.05) is 32.8 Å². The molecule has 0 aliphatic carbocycles. The lowest BCUT2D eigenvalue weighted by atomic mass is 10.0.